The van der Waals surface area contributed by atoms with E-state index in [-0.39, 0.29) is 17.2 Å². The minimum atomic E-state index is -0.512. The minimum Gasteiger partial charge on any atom is -0.350 e. The van der Waals surface area contributed by atoms with Crippen LogP contribution in [-0.4, -0.2) is 30.0 Å². The predicted molar refractivity (Wildman–Crippen MR) is 74.2 cm³/mol. The van der Waals surface area contributed by atoms with Gasteiger partial charge >= 0.3 is 0 Å². The lowest BCUT2D eigenvalue weighted by Gasteiger charge is -2.12. The van der Waals surface area contributed by atoms with Gasteiger partial charge < -0.3 is 10.6 Å². The Morgan fingerprint density at radius 1 is 1.58 bits per heavy atom. The molecule has 1 amide bonds. The van der Waals surface area contributed by atoms with Gasteiger partial charge in [0.25, 0.3) is 11.6 Å². The number of non-ortho nitro benzene ring substituents is 1. The zero-order valence-electron chi connectivity index (χ0n) is 10.2. The van der Waals surface area contributed by atoms with E-state index in [0.29, 0.717) is 17.1 Å². The van der Waals surface area contributed by atoms with Crippen molar-refractivity contribution in [1.82, 2.24) is 10.6 Å². The molecule has 1 atom stereocenters. The Balaban J connectivity index is 2.04. The molecule has 102 valence electrons. The summed E-state index contributed by atoms with van der Waals surface area (Å²) in [5, 5.41) is 16.8. The molecule has 1 aromatic carbocycles. The number of carbonyl (C=O) groups is 1. The van der Waals surface area contributed by atoms with E-state index in [0.717, 1.165) is 19.4 Å². The number of nitrogens with zero attached hydrogens (tertiary/aromatic N) is 1. The van der Waals surface area contributed by atoms with E-state index in [1.165, 1.54) is 18.2 Å². The Bertz CT molecular complexity index is 501. The number of amides is 1. The molecule has 2 rings (SSSR count). The maximum Gasteiger partial charge on any atom is 0.270 e. The van der Waals surface area contributed by atoms with Gasteiger partial charge in [-0.2, -0.15) is 0 Å². The highest BCUT2D eigenvalue weighted by atomic mass is 79.9. The van der Waals surface area contributed by atoms with E-state index in [1.54, 1.807) is 0 Å². The summed E-state index contributed by atoms with van der Waals surface area (Å²) in [4.78, 5) is 22.2. The number of halogens is 1. The van der Waals surface area contributed by atoms with Crippen molar-refractivity contribution in [3.63, 3.8) is 0 Å². The molecule has 0 radical (unpaired) electrons. The van der Waals surface area contributed by atoms with Crippen LogP contribution in [0.15, 0.2) is 22.7 Å². The molecule has 2 N–H and O–H groups in total. The molecule has 19 heavy (non-hydrogen) atoms. The molecule has 0 bridgehead atoms. The van der Waals surface area contributed by atoms with Gasteiger partial charge in [-0.15, -0.1) is 0 Å². The normalized spacial score (nSPS) is 18.3. The molecule has 1 unspecified atom stereocenters. The van der Waals surface area contributed by atoms with Crippen molar-refractivity contribution in [2.75, 3.05) is 13.1 Å². The number of carbonyl (C=O) groups excluding carboxylic acids is 1. The largest absolute Gasteiger partial charge is 0.350 e. The fourth-order valence-corrected chi connectivity index (χ4v) is 2.47. The van der Waals surface area contributed by atoms with Crippen LogP contribution in [0.25, 0.3) is 0 Å². The van der Waals surface area contributed by atoms with E-state index >= 15 is 0 Å². The van der Waals surface area contributed by atoms with Crippen molar-refractivity contribution in [3.8, 4) is 0 Å². The smallest absolute Gasteiger partial charge is 0.270 e. The van der Waals surface area contributed by atoms with E-state index in [1.807, 2.05) is 0 Å². The first-order valence-corrected chi connectivity index (χ1v) is 6.83. The van der Waals surface area contributed by atoms with Gasteiger partial charge in [0.1, 0.15) is 0 Å². The van der Waals surface area contributed by atoms with Gasteiger partial charge in [0.15, 0.2) is 0 Å². The molecule has 1 saturated heterocycles. The average molecular weight is 328 g/mol. The van der Waals surface area contributed by atoms with Crippen molar-refractivity contribution in [3.05, 3.63) is 38.3 Å². The molecule has 1 fully saturated rings. The summed E-state index contributed by atoms with van der Waals surface area (Å²) < 4.78 is 0.551. The minimum absolute atomic E-state index is 0.0904. The van der Waals surface area contributed by atoms with Crippen molar-refractivity contribution in [1.29, 1.82) is 0 Å². The van der Waals surface area contributed by atoms with Gasteiger partial charge in [0, 0.05) is 29.2 Å². The van der Waals surface area contributed by atoms with E-state index in [2.05, 4.69) is 26.6 Å². The Morgan fingerprint density at radius 2 is 2.37 bits per heavy atom. The highest BCUT2D eigenvalue weighted by Crippen LogP contribution is 2.22. The third-order valence-electron chi connectivity index (χ3n) is 3.08. The van der Waals surface area contributed by atoms with Crippen LogP contribution in [0.4, 0.5) is 5.69 Å². The Hall–Kier alpha value is -1.47. The molecule has 1 aliphatic rings. The van der Waals surface area contributed by atoms with Crippen molar-refractivity contribution in [2.45, 2.75) is 18.9 Å². The maximum atomic E-state index is 12.0. The molecule has 0 saturated carbocycles. The number of hydrogen-bond acceptors (Lipinski definition) is 4. The first-order valence-electron chi connectivity index (χ1n) is 6.03. The molecule has 0 aromatic heterocycles. The maximum absolute atomic E-state index is 12.0. The number of nitrogens with one attached hydrogen (secondary N) is 2. The molecule has 1 aliphatic heterocycles. The Morgan fingerprint density at radius 3 is 3.00 bits per heavy atom. The number of rotatable bonds is 4. The molecule has 0 aliphatic carbocycles. The van der Waals surface area contributed by atoms with Crippen LogP contribution >= 0.6 is 15.9 Å². The highest BCUT2D eigenvalue weighted by molar-refractivity contribution is 9.10. The second kappa shape index (κ2) is 6.12. The summed E-state index contributed by atoms with van der Waals surface area (Å²) >= 11 is 3.23. The van der Waals surface area contributed by atoms with Gasteiger partial charge in [-0.25, -0.2) is 0 Å². The van der Waals surface area contributed by atoms with Crippen LogP contribution in [0.1, 0.15) is 23.2 Å². The third kappa shape index (κ3) is 3.51. The Labute approximate surface area is 118 Å². The van der Waals surface area contributed by atoms with E-state index < -0.39 is 4.92 Å². The molecular weight excluding hydrogens is 314 g/mol. The predicted octanol–water partition coefficient (Wildman–Crippen LogP) is 1.84. The third-order valence-corrected chi connectivity index (χ3v) is 3.77. The number of nitro benzene ring substituents is 1. The SMILES string of the molecule is O=C(NCC1CCCN1)c1cc([N+](=O)[O-])ccc1Br. The average Bonchev–Trinajstić information content (AvgIpc) is 2.89. The van der Waals surface area contributed by atoms with Gasteiger partial charge in [0.2, 0.25) is 0 Å². The molecular formula is C12H14BrN3O3. The zero-order chi connectivity index (χ0) is 13.8. The fraction of sp³-hybridized carbons (Fsp3) is 0.417. The van der Waals surface area contributed by atoms with Gasteiger partial charge in [-0.05, 0) is 41.4 Å². The number of hydrogen-bond donors (Lipinski definition) is 2. The summed E-state index contributed by atoms with van der Waals surface area (Å²) in [7, 11) is 0. The van der Waals surface area contributed by atoms with Crippen LogP contribution < -0.4 is 10.6 Å². The van der Waals surface area contributed by atoms with Crippen LogP contribution in [0.5, 0.6) is 0 Å². The van der Waals surface area contributed by atoms with Crippen LogP contribution in [0.2, 0.25) is 0 Å². The zero-order valence-corrected chi connectivity index (χ0v) is 11.8. The van der Waals surface area contributed by atoms with E-state index in [4.69, 9.17) is 0 Å². The second-order valence-corrected chi connectivity index (χ2v) is 5.28. The lowest BCUT2D eigenvalue weighted by molar-refractivity contribution is -0.384. The number of benzene rings is 1. The Kier molecular flexibility index (Phi) is 4.49. The van der Waals surface area contributed by atoms with E-state index in [9.17, 15) is 14.9 Å². The summed E-state index contributed by atoms with van der Waals surface area (Å²) in [5.41, 5.74) is 0.194. The first kappa shape index (κ1) is 14.0. The standard InChI is InChI=1S/C12H14BrN3O3/c13-11-4-3-9(16(18)19)6-10(11)12(17)15-7-8-2-1-5-14-8/h3-4,6,8,14H,1-2,5,7H2,(H,15,17). The van der Waals surface area contributed by atoms with Crippen LogP contribution in [-0.2, 0) is 0 Å². The lowest BCUT2D eigenvalue weighted by Crippen LogP contribution is -2.37. The summed E-state index contributed by atoms with van der Waals surface area (Å²) in [5.74, 6) is -0.302. The summed E-state index contributed by atoms with van der Waals surface area (Å²) in [6.45, 7) is 1.51. The molecule has 7 heteroatoms. The number of nitro groups is 1. The second-order valence-electron chi connectivity index (χ2n) is 4.42. The van der Waals surface area contributed by atoms with Crippen LogP contribution in [0.3, 0.4) is 0 Å². The van der Waals surface area contributed by atoms with Gasteiger partial charge in [-0.3, -0.25) is 14.9 Å². The quantitative estimate of drug-likeness (QED) is 0.652. The van der Waals surface area contributed by atoms with Gasteiger partial charge in [0.05, 0.1) is 10.5 Å². The first-order chi connectivity index (χ1) is 9.08. The lowest BCUT2D eigenvalue weighted by atomic mass is 10.1. The van der Waals surface area contributed by atoms with Crippen LogP contribution in [0, 0.1) is 10.1 Å². The molecule has 1 heterocycles. The van der Waals surface area contributed by atoms with Crippen molar-refractivity contribution in [2.24, 2.45) is 0 Å². The molecule has 6 nitrogen and oxygen atoms in total. The van der Waals surface area contributed by atoms with Crippen molar-refractivity contribution < 1.29 is 9.72 Å². The summed E-state index contributed by atoms with van der Waals surface area (Å²) in [6, 6.07) is 4.45. The van der Waals surface area contributed by atoms with Gasteiger partial charge in [-0.1, -0.05) is 0 Å². The fourth-order valence-electron chi connectivity index (χ4n) is 2.04. The van der Waals surface area contributed by atoms with Crippen molar-refractivity contribution >= 4 is 27.5 Å². The molecule has 0 spiro atoms. The highest BCUT2D eigenvalue weighted by Gasteiger charge is 2.18. The monoisotopic (exact) mass is 327 g/mol. The molecule has 1 aromatic rings. The topological polar surface area (TPSA) is 84.3 Å². The summed E-state index contributed by atoms with van der Waals surface area (Å²) in [6.07, 6.45) is 2.15.